The third kappa shape index (κ3) is 9.51. The fourth-order valence-electron chi connectivity index (χ4n) is 7.60. The van der Waals surface area contributed by atoms with Gasteiger partial charge in [0.05, 0.1) is 61.5 Å². The Bertz CT molecular complexity index is 1440. The van der Waals surface area contributed by atoms with E-state index >= 15 is 0 Å². The average Bonchev–Trinajstić information content (AvgIpc) is 3.04. The summed E-state index contributed by atoms with van der Waals surface area (Å²) in [6.07, 6.45) is 2.22. The van der Waals surface area contributed by atoms with Crippen LogP contribution in [-0.4, -0.2) is 77.2 Å². The molecule has 5 rings (SSSR count). The Balaban J connectivity index is 1.38. The molecule has 9 heteroatoms. The lowest BCUT2D eigenvalue weighted by atomic mass is 9.71. The van der Waals surface area contributed by atoms with Crippen molar-refractivity contribution >= 4 is 16.6 Å². The molecular weight excluding hydrogens is 685 g/mol. The Hall–Kier alpha value is -1.41. The molecule has 292 valence electrons. The summed E-state index contributed by atoms with van der Waals surface area (Å²) in [4.78, 5) is 0. The number of benzene rings is 2. The van der Waals surface area contributed by atoms with E-state index in [1.165, 1.54) is 5.56 Å². The summed E-state index contributed by atoms with van der Waals surface area (Å²) in [7, 11) is -4.22. The summed E-state index contributed by atoms with van der Waals surface area (Å²) >= 11 is 0. The van der Waals surface area contributed by atoms with E-state index in [0.717, 1.165) is 24.8 Å². The van der Waals surface area contributed by atoms with Crippen LogP contribution in [-0.2, 0) is 45.8 Å². The third-order valence-corrected chi connectivity index (χ3v) is 21.9. The van der Waals surface area contributed by atoms with Crippen LogP contribution in [0, 0.1) is 0 Å². The monoisotopic (exact) mass is 754 g/mol. The fraction of sp³-hybridized carbons (Fsp3) is 0.721. The van der Waals surface area contributed by atoms with Gasteiger partial charge in [0.2, 0.25) is 0 Å². The molecule has 0 N–H and O–H groups in total. The number of rotatable bonds is 13. The maximum Gasteiger partial charge on any atom is 0.192 e. The summed E-state index contributed by atoms with van der Waals surface area (Å²) in [5.41, 5.74) is 0.523. The molecule has 0 saturated carbocycles. The van der Waals surface area contributed by atoms with Crippen molar-refractivity contribution in [3.63, 3.8) is 0 Å². The molecular formula is C43H70O7Si2. The van der Waals surface area contributed by atoms with Gasteiger partial charge >= 0.3 is 0 Å². The number of fused-ring (bicyclic) bond motifs is 2. The second-order valence-electron chi connectivity index (χ2n) is 19.5. The molecule has 2 aromatic carbocycles. The molecule has 0 bridgehead atoms. The van der Waals surface area contributed by atoms with Gasteiger partial charge in [-0.1, -0.05) is 102 Å². The van der Waals surface area contributed by atoms with Gasteiger partial charge in [0.25, 0.3) is 0 Å². The molecule has 3 heterocycles. The van der Waals surface area contributed by atoms with Crippen LogP contribution >= 0.6 is 0 Å². The highest BCUT2D eigenvalue weighted by molar-refractivity contribution is 6.74. The summed E-state index contributed by atoms with van der Waals surface area (Å²) < 4.78 is 48.8. The van der Waals surface area contributed by atoms with Gasteiger partial charge < -0.3 is 32.5 Å². The van der Waals surface area contributed by atoms with E-state index in [-0.39, 0.29) is 40.6 Å². The molecule has 7 nitrogen and oxygen atoms in total. The zero-order valence-electron chi connectivity index (χ0n) is 34.7. The van der Waals surface area contributed by atoms with Crippen molar-refractivity contribution in [3.05, 3.63) is 71.8 Å². The highest BCUT2D eigenvalue weighted by atomic mass is 28.4. The van der Waals surface area contributed by atoms with Crippen molar-refractivity contribution in [3.8, 4) is 0 Å². The Morgan fingerprint density at radius 3 is 1.87 bits per heavy atom. The lowest BCUT2D eigenvalue weighted by Crippen LogP contribution is -2.73. The van der Waals surface area contributed by atoms with Crippen molar-refractivity contribution in [1.82, 2.24) is 0 Å². The minimum atomic E-state index is -2.16. The smallest absolute Gasteiger partial charge is 0.192 e. The van der Waals surface area contributed by atoms with Crippen LogP contribution in [0.1, 0.15) is 99.1 Å². The van der Waals surface area contributed by atoms with Gasteiger partial charge in [-0.15, -0.1) is 0 Å². The van der Waals surface area contributed by atoms with Crippen LogP contribution in [0.4, 0.5) is 0 Å². The number of hydrogen-bond acceptors (Lipinski definition) is 7. The van der Waals surface area contributed by atoms with Gasteiger partial charge in [0, 0.05) is 25.9 Å². The summed E-state index contributed by atoms with van der Waals surface area (Å²) in [5.74, 6) is 0. The molecule has 0 aliphatic carbocycles. The molecule has 3 saturated heterocycles. The quantitative estimate of drug-likeness (QED) is 0.149. The molecule has 0 unspecified atom stereocenters. The minimum Gasteiger partial charge on any atom is -0.414 e. The Labute approximate surface area is 318 Å². The summed E-state index contributed by atoms with van der Waals surface area (Å²) in [5, 5.41) is 0.144. The van der Waals surface area contributed by atoms with Crippen LogP contribution < -0.4 is 0 Å². The van der Waals surface area contributed by atoms with Crippen molar-refractivity contribution in [1.29, 1.82) is 0 Å². The molecule has 3 aliphatic heterocycles. The van der Waals surface area contributed by atoms with Crippen LogP contribution in [0.25, 0.3) is 0 Å². The van der Waals surface area contributed by atoms with Gasteiger partial charge in [-0.05, 0) is 74.6 Å². The van der Waals surface area contributed by atoms with Crippen LogP contribution in [0.5, 0.6) is 0 Å². The van der Waals surface area contributed by atoms with Crippen molar-refractivity contribution in [2.24, 2.45) is 0 Å². The molecule has 3 fully saturated rings. The number of ether oxygens (including phenoxy) is 5. The second kappa shape index (κ2) is 15.6. The first-order chi connectivity index (χ1) is 24.1. The first-order valence-corrected chi connectivity index (χ1v) is 25.5. The van der Waals surface area contributed by atoms with Gasteiger partial charge in [-0.2, -0.15) is 0 Å². The highest BCUT2D eigenvalue weighted by Crippen LogP contribution is 2.53. The van der Waals surface area contributed by atoms with Crippen molar-refractivity contribution in [2.45, 2.75) is 185 Å². The van der Waals surface area contributed by atoms with Crippen LogP contribution in [0.15, 0.2) is 60.7 Å². The van der Waals surface area contributed by atoms with Crippen LogP contribution in [0.3, 0.4) is 0 Å². The zero-order valence-corrected chi connectivity index (χ0v) is 36.7. The van der Waals surface area contributed by atoms with E-state index in [1.807, 2.05) is 24.3 Å². The minimum absolute atomic E-state index is 0.0568. The third-order valence-electron chi connectivity index (χ3n) is 13.0. The highest BCUT2D eigenvalue weighted by Gasteiger charge is 2.63. The Kier molecular flexibility index (Phi) is 12.5. The summed E-state index contributed by atoms with van der Waals surface area (Å²) in [6.45, 7) is 31.9. The van der Waals surface area contributed by atoms with E-state index in [0.29, 0.717) is 32.8 Å². The lowest BCUT2D eigenvalue weighted by molar-refractivity contribution is -0.359. The first kappa shape index (κ1) is 41.8. The topological polar surface area (TPSA) is 64.6 Å². The average molecular weight is 755 g/mol. The molecule has 3 aliphatic rings. The molecule has 2 aromatic rings. The Morgan fingerprint density at radius 1 is 0.731 bits per heavy atom. The van der Waals surface area contributed by atoms with Crippen molar-refractivity contribution in [2.75, 3.05) is 13.2 Å². The van der Waals surface area contributed by atoms with Gasteiger partial charge in [0.15, 0.2) is 16.6 Å². The van der Waals surface area contributed by atoms with E-state index in [4.69, 9.17) is 32.5 Å². The van der Waals surface area contributed by atoms with E-state index < -0.39 is 33.4 Å². The molecule has 52 heavy (non-hydrogen) atoms. The maximum atomic E-state index is 7.41. The number of hydrogen-bond donors (Lipinski definition) is 0. The molecule has 0 aromatic heterocycles. The molecule has 0 amide bonds. The van der Waals surface area contributed by atoms with Gasteiger partial charge in [-0.25, -0.2) is 0 Å². The van der Waals surface area contributed by atoms with Crippen LogP contribution in [0.2, 0.25) is 36.3 Å². The maximum absolute atomic E-state index is 7.41. The first-order valence-electron chi connectivity index (χ1n) is 19.7. The molecule has 8 atom stereocenters. The standard InChI is InChI=1S/C43H70O7Si2/c1-39(2,3)51(10,11)46-31-43(9)38(49-52(12,13)40(4,5)6)27-37-42(8,50-43)30-41(7)36(47-37)26-35(45-29-33-22-18-15-19-23-33)34(48-41)24-25-44-28-32-20-16-14-17-21-32/h14-23,34-38H,24-31H2,1-13H3/t34-,35+,36-,37+,38-,41+,42-,43+/m0/s1. The van der Waals surface area contributed by atoms with Gasteiger partial charge in [0.1, 0.15) is 5.60 Å². The lowest BCUT2D eigenvalue weighted by Gasteiger charge is -2.62. The zero-order chi connectivity index (χ0) is 38.2. The second-order valence-corrected chi connectivity index (χ2v) is 29.1. The Morgan fingerprint density at radius 2 is 1.29 bits per heavy atom. The van der Waals surface area contributed by atoms with E-state index in [9.17, 15) is 0 Å². The molecule has 0 spiro atoms. The fourth-order valence-corrected chi connectivity index (χ4v) is 10.1. The van der Waals surface area contributed by atoms with E-state index in [1.54, 1.807) is 0 Å². The normalized spacial score (nSPS) is 33.0. The van der Waals surface area contributed by atoms with E-state index in [2.05, 4.69) is 125 Å². The SMILES string of the molecule is CC(C)(C)[Si](C)(C)OC[C@@]1(C)O[C@@]2(C)C[C@@]3(C)O[C@@H](CCOCc4ccccc4)[C@H](OCc4ccccc4)C[C@@H]3O[C@@H]2C[C@@H]1O[Si](C)(C)C(C)(C)C. The van der Waals surface area contributed by atoms with Gasteiger partial charge in [-0.3, -0.25) is 0 Å². The predicted octanol–water partition coefficient (Wildman–Crippen LogP) is 10.2. The van der Waals surface area contributed by atoms with Crippen molar-refractivity contribution < 1.29 is 32.5 Å². The largest absolute Gasteiger partial charge is 0.414 e. The predicted molar refractivity (Wildman–Crippen MR) is 215 cm³/mol. The molecule has 0 radical (unpaired) electrons. The summed E-state index contributed by atoms with van der Waals surface area (Å²) in [6, 6.07) is 20.7.